The lowest BCUT2D eigenvalue weighted by atomic mass is 9.81. The molecule has 11 heteroatoms. The van der Waals surface area contributed by atoms with Gasteiger partial charge in [0.1, 0.15) is 17.8 Å². The summed E-state index contributed by atoms with van der Waals surface area (Å²) >= 11 is 0. The van der Waals surface area contributed by atoms with E-state index >= 15 is 0 Å². The predicted molar refractivity (Wildman–Crippen MR) is 147 cm³/mol. The molecular formula is C26H45F4N4O2P. The van der Waals surface area contributed by atoms with Gasteiger partial charge >= 0.3 is 5.97 Å². The summed E-state index contributed by atoms with van der Waals surface area (Å²) in [7, 11) is 0. The summed E-state index contributed by atoms with van der Waals surface area (Å²) in [5.41, 5.74) is 0.746. The summed E-state index contributed by atoms with van der Waals surface area (Å²) in [6.45, 7) is 11.3. The van der Waals surface area contributed by atoms with Gasteiger partial charge in [-0.1, -0.05) is 27.7 Å². The van der Waals surface area contributed by atoms with E-state index in [1.165, 1.54) is 0 Å². The number of piperidine rings is 1. The largest absolute Gasteiger partial charge is 0.465 e. The molecule has 2 unspecified atom stereocenters. The zero-order valence-corrected chi connectivity index (χ0v) is 24.3. The minimum atomic E-state index is -2.57. The lowest BCUT2D eigenvalue weighted by molar-refractivity contribution is -0.164. The van der Waals surface area contributed by atoms with Crippen LogP contribution in [0, 0.1) is 17.3 Å². The van der Waals surface area contributed by atoms with E-state index < -0.39 is 11.8 Å². The molecule has 2 aromatic heterocycles. The Morgan fingerprint density at radius 3 is 2.32 bits per heavy atom. The summed E-state index contributed by atoms with van der Waals surface area (Å²) in [6.07, 6.45) is 5.77. The molecule has 1 saturated heterocycles. The van der Waals surface area contributed by atoms with Crippen molar-refractivity contribution in [3.05, 3.63) is 18.6 Å². The Hall–Kier alpha value is -1.96. The molecule has 1 spiro atoms. The van der Waals surface area contributed by atoms with Crippen LogP contribution in [-0.2, 0) is 9.53 Å². The molecular weight excluding hydrogens is 507 g/mol. The molecule has 3 fully saturated rings. The van der Waals surface area contributed by atoms with Crippen molar-refractivity contribution in [3.8, 4) is 0 Å². The second-order valence-electron chi connectivity index (χ2n) is 9.65. The van der Waals surface area contributed by atoms with E-state index in [-0.39, 0.29) is 54.0 Å². The molecule has 37 heavy (non-hydrogen) atoms. The third-order valence-electron chi connectivity index (χ3n) is 6.38. The van der Waals surface area contributed by atoms with Gasteiger partial charge in [-0.2, -0.15) is 9.90 Å². The molecule has 0 bridgehead atoms. The van der Waals surface area contributed by atoms with E-state index in [0.29, 0.717) is 6.42 Å². The number of fused-ring (bicyclic) bond motifs is 1. The van der Waals surface area contributed by atoms with Crippen molar-refractivity contribution >= 4 is 32.7 Å². The van der Waals surface area contributed by atoms with Crippen LogP contribution in [0.5, 0.6) is 0 Å². The molecule has 0 amide bonds. The normalized spacial score (nSPS) is 21.0. The highest BCUT2D eigenvalue weighted by molar-refractivity contribution is 6.92. The fraction of sp³-hybridized carbons (Fsp3) is 0.731. The monoisotopic (exact) mass is 552 g/mol. The quantitative estimate of drug-likeness (QED) is 0.247. The molecule has 2 atom stereocenters. The predicted octanol–water partition coefficient (Wildman–Crippen LogP) is 7.17. The number of rotatable bonds is 4. The van der Waals surface area contributed by atoms with Crippen LogP contribution in [0.2, 0.25) is 0 Å². The average molecular weight is 553 g/mol. The highest BCUT2D eigenvalue weighted by atomic mass is 31.0. The molecule has 3 heterocycles. The van der Waals surface area contributed by atoms with Crippen molar-refractivity contribution < 1.29 is 28.5 Å². The Bertz CT molecular complexity index is 972. The summed E-state index contributed by atoms with van der Waals surface area (Å²) in [4.78, 5) is 26.7. The van der Waals surface area contributed by atoms with Gasteiger partial charge in [0.15, 0.2) is 0 Å². The summed E-state index contributed by atoms with van der Waals surface area (Å²) < 4.78 is 53.3. The first kappa shape index (κ1) is 33.1. The maximum absolute atomic E-state index is 12.9. The molecule has 0 radical (unpaired) electrons. The SMILES string of the molecule is CC.CC.CC(C)(F)F.O=C(OCC1CC(F)(F)C1)C1CCN(c2ncnc3[nH]ccc23)CC12CC2.P.[HH]. The second-order valence-corrected chi connectivity index (χ2v) is 9.65. The van der Waals surface area contributed by atoms with E-state index in [1.807, 2.05) is 40.0 Å². The van der Waals surface area contributed by atoms with Gasteiger partial charge < -0.3 is 14.6 Å². The Balaban J connectivity index is 0.00000111. The van der Waals surface area contributed by atoms with Crippen LogP contribution in [0.15, 0.2) is 18.6 Å². The number of aromatic amines is 1. The standard InChI is InChI=1S/C19H22F2N4O2.C3H6F2.2C2H6.H3P.H2/c20-19(21)7-12(8-19)9-27-17(26)14-2-6-25(10-18(14)3-4-18)16-13-1-5-22-15(13)23-11-24-16;1-3(2,4)5;2*1-2;;/h1,5,11-12,14H,2-4,6-10H2,(H,22,23,24);1-2H3;2*1-2H3;1H3;1H. The highest BCUT2D eigenvalue weighted by Gasteiger charge is 2.56. The maximum Gasteiger partial charge on any atom is 0.309 e. The van der Waals surface area contributed by atoms with Crippen molar-refractivity contribution in [2.45, 2.75) is 85.5 Å². The topological polar surface area (TPSA) is 71.1 Å². The fourth-order valence-corrected chi connectivity index (χ4v) is 4.69. The lowest BCUT2D eigenvalue weighted by Gasteiger charge is -2.39. The number of hydrogen-bond donors (Lipinski definition) is 1. The number of anilines is 1. The van der Waals surface area contributed by atoms with Gasteiger partial charge in [-0.3, -0.25) is 4.79 Å². The third kappa shape index (κ3) is 9.08. The van der Waals surface area contributed by atoms with Crippen LogP contribution in [0.1, 0.15) is 75.1 Å². The Labute approximate surface area is 222 Å². The number of nitrogens with zero attached hydrogens (tertiary/aromatic N) is 3. The van der Waals surface area contributed by atoms with Crippen molar-refractivity contribution in [1.29, 1.82) is 0 Å². The maximum atomic E-state index is 12.9. The van der Waals surface area contributed by atoms with Gasteiger partial charge in [0.05, 0.1) is 17.9 Å². The Morgan fingerprint density at radius 1 is 1.19 bits per heavy atom. The van der Waals surface area contributed by atoms with Gasteiger partial charge in [-0.15, -0.1) is 0 Å². The number of carbonyl (C=O) groups is 1. The van der Waals surface area contributed by atoms with Gasteiger partial charge in [-0.05, 0) is 39.2 Å². The summed E-state index contributed by atoms with van der Waals surface area (Å²) in [5.74, 6) is -4.71. The number of H-pyrrole nitrogens is 1. The zero-order valence-electron chi connectivity index (χ0n) is 22.9. The minimum Gasteiger partial charge on any atom is -0.465 e. The number of hydrogen-bond acceptors (Lipinski definition) is 5. The van der Waals surface area contributed by atoms with Crippen molar-refractivity contribution in [3.63, 3.8) is 0 Å². The van der Waals surface area contributed by atoms with Gasteiger partial charge in [0.25, 0.3) is 0 Å². The molecule has 2 aliphatic carbocycles. The molecule has 3 aliphatic rings. The number of aromatic nitrogens is 3. The van der Waals surface area contributed by atoms with E-state index in [9.17, 15) is 22.4 Å². The average Bonchev–Trinajstić information content (AvgIpc) is 3.39. The Kier molecular flexibility index (Phi) is 12.3. The van der Waals surface area contributed by atoms with Crippen molar-refractivity contribution in [2.24, 2.45) is 17.3 Å². The first-order chi connectivity index (χ1) is 17.0. The van der Waals surface area contributed by atoms with Crippen molar-refractivity contribution in [2.75, 3.05) is 24.6 Å². The number of esters is 1. The van der Waals surface area contributed by atoms with Crippen LogP contribution < -0.4 is 4.90 Å². The minimum absolute atomic E-state index is 0. The fourth-order valence-electron chi connectivity index (χ4n) is 4.69. The molecule has 1 N–H and O–H groups in total. The number of carbonyl (C=O) groups excluding carboxylic acids is 1. The van der Waals surface area contributed by atoms with E-state index in [4.69, 9.17) is 4.74 Å². The molecule has 6 nitrogen and oxygen atoms in total. The van der Waals surface area contributed by atoms with E-state index in [0.717, 1.165) is 56.6 Å². The van der Waals surface area contributed by atoms with E-state index in [1.54, 1.807) is 6.33 Å². The Morgan fingerprint density at radius 2 is 1.78 bits per heavy atom. The van der Waals surface area contributed by atoms with Gasteiger partial charge in [0, 0.05) is 44.9 Å². The number of ether oxygens (including phenoxy) is 1. The molecule has 214 valence electrons. The second kappa shape index (κ2) is 13.7. The first-order valence-corrected chi connectivity index (χ1v) is 12.9. The molecule has 2 saturated carbocycles. The van der Waals surface area contributed by atoms with Crippen molar-refractivity contribution in [1.82, 2.24) is 15.0 Å². The number of halogens is 4. The molecule has 1 aliphatic heterocycles. The van der Waals surface area contributed by atoms with Crippen LogP contribution in [0.3, 0.4) is 0 Å². The molecule has 5 rings (SSSR count). The van der Waals surface area contributed by atoms with Gasteiger partial charge in [0.2, 0.25) is 11.8 Å². The number of nitrogens with one attached hydrogen (secondary N) is 1. The number of alkyl halides is 4. The zero-order chi connectivity index (χ0) is 27.1. The van der Waals surface area contributed by atoms with Crippen LogP contribution in [0.4, 0.5) is 23.4 Å². The first-order valence-electron chi connectivity index (χ1n) is 12.9. The van der Waals surface area contributed by atoms with Crippen LogP contribution in [-0.4, -0.2) is 52.5 Å². The summed E-state index contributed by atoms with van der Waals surface area (Å²) in [5, 5.41) is 0.986. The lowest BCUT2D eigenvalue weighted by Crippen LogP contribution is -2.46. The third-order valence-corrected chi connectivity index (χ3v) is 6.38. The van der Waals surface area contributed by atoms with Gasteiger partial charge in [-0.25, -0.2) is 27.5 Å². The molecule has 2 aromatic rings. The highest BCUT2D eigenvalue weighted by Crippen LogP contribution is 2.56. The van der Waals surface area contributed by atoms with Crippen LogP contribution in [0.25, 0.3) is 11.0 Å². The smallest absolute Gasteiger partial charge is 0.309 e. The van der Waals surface area contributed by atoms with E-state index in [2.05, 4.69) is 19.9 Å². The molecule has 0 aromatic carbocycles. The summed E-state index contributed by atoms with van der Waals surface area (Å²) in [6, 6.07) is 1.97. The van der Waals surface area contributed by atoms with Crippen LogP contribution >= 0.6 is 9.90 Å².